The molecule has 24 heavy (non-hydrogen) atoms. The minimum atomic E-state index is 0.195. The van der Waals surface area contributed by atoms with Crippen molar-refractivity contribution in [3.63, 3.8) is 0 Å². The molecule has 0 saturated carbocycles. The molecule has 0 aliphatic carbocycles. The predicted molar refractivity (Wildman–Crippen MR) is 105 cm³/mol. The van der Waals surface area contributed by atoms with Gasteiger partial charge in [0.2, 0.25) is 0 Å². The zero-order valence-corrected chi connectivity index (χ0v) is 15.0. The van der Waals surface area contributed by atoms with Gasteiger partial charge in [0, 0.05) is 12.6 Å². The molecule has 122 valence electrons. The number of benzene rings is 3. The first-order valence-electron chi connectivity index (χ1n) is 8.62. The number of aliphatic imine (C=N–C) groups is 1. The van der Waals surface area contributed by atoms with Crippen molar-refractivity contribution in [2.45, 2.75) is 40.2 Å². The van der Waals surface area contributed by atoms with Crippen LogP contribution in [0.15, 0.2) is 59.6 Å². The number of hydrogen-bond donors (Lipinski definition) is 0. The van der Waals surface area contributed by atoms with Crippen LogP contribution in [0.1, 0.15) is 40.8 Å². The first-order chi connectivity index (χ1) is 11.6. The Balaban J connectivity index is 1.81. The maximum absolute atomic E-state index is 4.82. The van der Waals surface area contributed by atoms with E-state index >= 15 is 0 Å². The maximum Gasteiger partial charge on any atom is 0.0722 e. The number of nitrogens with zero attached hydrogens (tertiary/aromatic N) is 1. The molecule has 3 rings (SSSR count). The van der Waals surface area contributed by atoms with E-state index in [-0.39, 0.29) is 6.04 Å². The van der Waals surface area contributed by atoms with Crippen LogP contribution < -0.4 is 0 Å². The molecule has 0 amide bonds. The quantitative estimate of drug-likeness (QED) is 0.513. The van der Waals surface area contributed by atoms with Crippen molar-refractivity contribution in [3.8, 4) is 0 Å². The van der Waals surface area contributed by atoms with Gasteiger partial charge in [-0.15, -0.1) is 0 Å². The summed E-state index contributed by atoms with van der Waals surface area (Å²) in [4.78, 5) is 4.82. The Labute approximate surface area is 145 Å². The standard InChI is InChI=1S/C23H25N/c1-16-14-17(2)23(18(3)15-16)19(4)24-13-12-21-10-7-9-20-8-5-6-11-22(20)21/h5-11,13-15,19H,12H2,1-4H3. The molecule has 0 spiro atoms. The molecule has 0 aliphatic rings. The third kappa shape index (κ3) is 3.41. The highest BCUT2D eigenvalue weighted by atomic mass is 14.8. The van der Waals surface area contributed by atoms with Crippen LogP contribution >= 0.6 is 0 Å². The van der Waals surface area contributed by atoms with E-state index in [0.717, 1.165) is 6.42 Å². The predicted octanol–water partition coefficient (Wildman–Crippen LogP) is 6.14. The lowest BCUT2D eigenvalue weighted by Gasteiger charge is -2.15. The minimum Gasteiger partial charge on any atom is -0.289 e. The second kappa shape index (κ2) is 7.00. The maximum atomic E-state index is 4.82. The van der Waals surface area contributed by atoms with Crippen LogP contribution in [0.25, 0.3) is 10.8 Å². The Morgan fingerprint density at radius 3 is 2.33 bits per heavy atom. The lowest BCUT2D eigenvalue weighted by Crippen LogP contribution is -1.99. The molecule has 0 aliphatic heterocycles. The van der Waals surface area contributed by atoms with Crippen molar-refractivity contribution in [1.82, 2.24) is 0 Å². The Bertz CT molecular complexity index is 861. The topological polar surface area (TPSA) is 12.4 Å². The zero-order valence-electron chi connectivity index (χ0n) is 15.0. The molecule has 1 heteroatoms. The average Bonchev–Trinajstić information content (AvgIpc) is 2.54. The van der Waals surface area contributed by atoms with E-state index in [0.29, 0.717) is 0 Å². The molecule has 0 bridgehead atoms. The summed E-state index contributed by atoms with van der Waals surface area (Å²) in [6.07, 6.45) is 2.95. The molecule has 0 heterocycles. The molecule has 1 unspecified atom stereocenters. The molecule has 1 nitrogen and oxygen atoms in total. The van der Waals surface area contributed by atoms with Crippen LogP contribution in [-0.4, -0.2) is 6.21 Å². The Morgan fingerprint density at radius 2 is 1.58 bits per heavy atom. The number of aryl methyl sites for hydroxylation is 3. The lowest BCUT2D eigenvalue weighted by molar-refractivity contribution is 0.804. The van der Waals surface area contributed by atoms with Gasteiger partial charge in [0.05, 0.1) is 6.04 Å². The van der Waals surface area contributed by atoms with Crippen molar-refractivity contribution >= 4 is 17.0 Å². The Hall–Kier alpha value is -2.41. The molecule has 0 N–H and O–H groups in total. The SMILES string of the molecule is Cc1cc(C)c(C(C)N=CCc2cccc3ccccc23)c(C)c1. The second-order valence-electron chi connectivity index (χ2n) is 6.66. The van der Waals surface area contributed by atoms with Crippen molar-refractivity contribution in [2.75, 3.05) is 0 Å². The van der Waals surface area contributed by atoms with Crippen molar-refractivity contribution in [3.05, 3.63) is 82.4 Å². The summed E-state index contributed by atoms with van der Waals surface area (Å²) in [7, 11) is 0. The van der Waals surface area contributed by atoms with Crippen LogP contribution in [0, 0.1) is 20.8 Å². The molecule has 0 radical (unpaired) electrons. The summed E-state index contributed by atoms with van der Waals surface area (Å²) in [6.45, 7) is 8.71. The fourth-order valence-corrected chi connectivity index (χ4v) is 3.70. The summed E-state index contributed by atoms with van der Waals surface area (Å²) in [5, 5.41) is 2.61. The Kier molecular flexibility index (Phi) is 4.80. The van der Waals surface area contributed by atoms with Crippen molar-refractivity contribution < 1.29 is 0 Å². The van der Waals surface area contributed by atoms with Crippen LogP contribution in [-0.2, 0) is 6.42 Å². The smallest absolute Gasteiger partial charge is 0.0722 e. The average molecular weight is 315 g/mol. The van der Waals surface area contributed by atoms with Gasteiger partial charge in [-0.2, -0.15) is 0 Å². The summed E-state index contributed by atoms with van der Waals surface area (Å²) in [5.41, 5.74) is 6.68. The van der Waals surface area contributed by atoms with E-state index in [1.807, 2.05) is 0 Å². The van der Waals surface area contributed by atoms with E-state index in [4.69, 9.17) is 4.99 Å². The van der Waals surface area contributed by atoms with Crippen LogP contribution in [0.2, 0.25) is 0 Å². The summed E-state index contributed by atoms with van der Waals surface area (Å²) in [5.74, 6) is 0. The summed E-state index contributed by atoms with van der Waals surface area (Å²) in [6, 6.07) is 19.7. The van der Waals surface area contributed by atoms with Crippen molar-refractivity contribution in [1.29, 1.82) is 0 Å². The third-order valence-corrected chi connectivity index (χ3v) is 4.68. The fourth-order valence-electron chi connectivity index (χ4n) is 3.70. The van der Waals surface area contributed by atoms with Gasteiger partial charge in [-0.3, -0.25) is 4.99 Å². The Morgan fingerprint density at radius 1 is 0.917 bits per heavy atom. The summed E-state index contributed by atoms with van der Waals surface area (Å²) < 4.78 is 0. The van der Waals surface area contributed by atoms with Gasteiger partial charge >= 0.3 is 0 Å². The highest BCUT2D eigenvalue weighted by molar-refractivity contribution is 5.87. The number of fused-ring (bicyclic) bond motifs is 1. The first kappa shape index (κ1) is 16.4. The number of rotatable bonds is 4. The largest absolute Gasteiger partial charge is 0.289 e. The molecule has 0 saturated heterocycles. The van der Waals surface area contributed by atoms with Gasteiger partial charge < -0.3 is 0 Å². The molecule has 0 fully saturated rings. The van der Waals surface area contributed by atoms with Gasteiger partial charge in [0.1, 0.15) is 0 Å². The highest BCUT2D eigenvalue weighted by Gasteiger charge is 2.10. The van der Waals surface area contributed by atoms with Crippen LogP contribution in [0.4, 0.5) is 0 Å². The zero-order chi connectivity index (χ0) is 17.1. The van der Waals surface area contributed by atoms with E-state index in [1.54, 1.807) is 0 Å². The summed E-state index contributed by atoms with van der Waals surface area (Å²) >= 11 is 0. The molecular weight excluding hydrogens is 290 g/mol. The minimum absolute atomic E-state index is 0.195. The molecule has 0 aromatic heterocycles. The molecular formula is C23H25N. The van der Waals surface area contributed by atoms with E-state index < -0.39 is 0 Å². The highest BCUT2D eigenvalue weighted by Crippen LogP contribution is 2.26. The molecule has 3 aromatic rings. The van der Waals surface area contributed by atoms with E-state index in [1.165, 1.54) is 38.6 Å². The van der Waals surface area contributed by atoms with E-state index in [2.05, 4.69) is 88.5 Å². The number of hydrogen-bond acceptors (Lipinski definition) is 1. The normalized spacial score (nSPS) is 12.8. The fraction of sp³-hybridized carbons (Fsp3) is 0.261. The first-order valence-corrected chi connectivity index (χ1v) is 8.62. The monoisotopic (exact) mass is 315 g/mol. The van der Waals surface area contributed by atoms with Crippen molar-refractivity contribution in [2.24, 2.45) is 4.99 Å². The van der Waals surface area contributed by atoms with Crippen LogP contribution in [0.3, 0.4) is 0 Å². The molecule has 1 atom stereocenters. The van der Waals surface area contributed by atoms with Gasteiger partial charge in [-0.05, 0) is 60.7 Å². The van der Waals surface area contributed by atoms with Crippen LogP contribution in [0.5, 0.6) is 0 Å². The molecule has 3 aromatic carbocycles. The lowest BCUT2D eigenvalue weighted by atomic mass is 9.95. The van der Waals surface area contributed by atoms with Gasteiger partial charge in [0.15, 0.2) is 0 Å². The van der Waals surface area contributed by atoms with E-state index in [9.17, 15) is 0 Å². The van der Waals surface area contributed by atoms with Gasteiger partial charge in [0.25, 0.3) is 0 Å². The van der Waals surface area contributed by atoms with Gasteiger partial charge in [-0.1, -0.05) is 60.2 Å². The van der Waals surface area contributed by atoms with Gasteiger partial charge in [-0.25, -0.2) is 0 Å². The second-order valence-corrected chi connectivity index (χ2v) is 6.66. The third-order valence-electron chi connectivity index (χ3n) is 4.68.